The molecule has 0 radical (unpaired) electrons. The first-order chi connectivity index (χ1) is 10.1. The second-order valence-corrected chi connectivity index (χ2v) is 4.99. The molecule has 2 unspecified atom stereocenters. The van der Waals surface area contributed by atoms with Crippen LogP contribution in [0.25, 0.3) is 0 Å². The summed E-state index contributed by atoms with van der Waals surface area (Å²) in [4.78, 5) is 13.8. The van der Waals surface area contributed by atoms with Crippen LogP contribution in [0.4, 0.5) is 4.39 Å². The molecule has 116 valence electrons. The van der Waals surface area contributed by atoms with Gasteiger partial charge in [-0.15, -0.1) is 0 Å². The first-order valence-corrected chi connectivity index (χ1v) is 7.04. The Balaban J connectivity index is 2.20. The van der Waals surface area contributed by atoms with Gasteiger partial charge in [-0.3, -0.25) is 10.1 Å². The Hall–Kier alpha value is -1.66. The van der Waals surface area contributed by atoms with Crippen molar-refractivity contribution in [2.45, 2.75) is 26.1 Å². The fourth-order valence-corrected chi connectivity index (χ4v) is 2.52. The highest BCUT2D eigenvalue weighted by atomic mass is 19.1. The number of hydrogen-bond donors (Lipinski definition) is 1. The van der Waals surface area contributed by atoms with Crippen molar-refractivity contribution in [1.82, 2.24) is 10.2 Å². The van der Waals surface area contributed by atoms with E-state index in [1.54, 1.807) is 17.0 Å². The van der Waals surface area contributed by atoms with Gasteiger partial charge in [0, 0.05) is 6.61 Å². The van der Waals surface area contributed by atoms with Crippen LogP contribution in [0.5, 0.6) is 5.75 Å². The summed E-state index contributed by atoms with van der Waals surface area (Å²) in [5, 5.41) is 3.11. The lowest BCUT2D eigenvalue weighted by Crippen LogP contribution is -2.40. The molecule has 6 heteroatoms. The summed E-state index contributed by atoms with van der Waals surface area (Å²) in [6, 6.07) is 4.65. The maximum Gasteiger partial charge on any atom is 0.238 e. The van der Waals surface area contributed by atoms with Crippen molar-refractivity contribution in [2.24, 2.45) is 0 Å². The molecule has 1 amide bonds. The minimum absolute atomic E-state index is 0.0107. The average Bonchev–Trinajstić information content (AvgIpc) is 2.86. The summed E-state index contributed by atoms with van der Waals surface area (Å²) in [5.74, 6) is -0.256. The number of carbonyl (C=O) groups is 1. The number of carbonyl (C=O) groups excluding carboxylic acids is 1. The maximum absolute atomic E-state index is 13.9. The zero-order valence-corrected chi connectivity index (χ0v) is 12.6. The Morgan fingerprint density at radius 2 is 2.29 bits per heavy atom. The lowest BCUT2D eigenvalue weighted by molar-refractivity contribution is -0.131. The second-order valence-electron chi connectivity index (χ2n) is 4.99. The van der Waals surface area contributed by atoms with Gasteiger partial charge in [0.1, 0.15) is 6.17 Å². The molecule has 1 heterocycles. The zero-order valence-electron chi connectivity index (χ0n) is 12.6. The van der Waals surface area contributed by atoms with Crippen LogP contribution in [0.3, 0.4) is 0 Å². The van der Waals surface area contributed by atoms with E-state index in [4.69, 9.17) is 9.47 Å². The van der Waals surface area contributed by atoms with Gasteiger partial charge in [0.05, 0.1) is 26.3 Å². The summed E-state index contributed by atoms with van der Waals surface area (Å²) in [5.41, 5.74) is 0.697. The smallest absolute Gasteiger partial charge is 0.238 e. The van der Waals surface area contributed by atoms with Crippen LogP contribution in [-0.2, 0) is 9.53 Å². The van der Waals surface area contributed by atoms with E-state index in [1.807, 2.05) is 13.8 Å². The van der Waals surface area contributed by atoms with E-state index >= 15 is 0 Å². The third-order valence-corrected chi connectivity index (χ3v) is 3.54. The first-order valence-electron chi connectivity index (χ1n) is 7.04. The van der Waals surface area contributed by atoms with E-state index in [2.05, 4.69) is 5.32 Å². The van der Waals surface area contributed by atoms with Gasteiger partial charge in [-0.25, -0.2) is 4.39 Å². The summed E-state index contributed by atoms with van der Waals surface area (Å²) >= 11 is 0. The number of nitrogens with one attached hydrogen (secondary N) is 1. The van der Waals surface area contributed by atoms with E-state index in [9.17, 15) is 9.18 Å². The van der Waals surface area contributed by atoms with Crippen molar-refractivity contribution >= 4 is 5.91 Å². The predicted molar refractivity (Wildman–Crippen MR) is 76.5 cm³/mol. The molecule has 1 aromatic carbocycles. The van der Waals surface area contributed by atoms with Gasteiger partial charge in [0.25, 0.3) is 0 Å². The third-order valence-electron chi connectivity index (χ3n) is 3.54. The number of methoxy groups -OCH3 is 1. The van der Waals surface area contributed by atoms with Gasteiger partial charge in [0.15, 0.2) is 11.6 Å². The number of nitrogens with zero attached hydrogens (tertiary/aromatic N) is 1. The molecule has 0 aromatic heterocycles. The molecule has 0 aliphatic carbocycles. The number of amides is 1. The number of ether oxygens (including phenoxy) is 2. The van der Waals surface area contributed by atoms with Gasteiger partial charge >= 0.3 is 0 Å². The Morgan fingerprint density at radius 3 is 2.90 bits per heavy atom. The van der Waals surface area contributed by atoms with Gasteiger partial charge in [0.2, 0.25) is 5.91 Å². The normalized spacial score (nSPS) is 19.9. The minimum atomic E-state index is -0.437. The number of hydrogen-bond acceptors (Lipinski definition) is 4. The summed E-state index contributed by atoms with van der Waals surface area (Å²) in [6.07, 6.45) is -0.339. The number of benzene rings is 1. The summed E-state index contributed by atoms with van der Waals surface area (Å²) in [7, 11) is 1.42. The molecule has 1 aromatic rings. The van der Waals surface area contributed by atoms with E-state index in [0.29, 0.717) is 18.8 Å². The number of halogens is 1. The van der Waals surface area contributed by atoms with Crippen LogP contribution in [0.1, 0.15) is 25.6 Å². The highest BCUT2D eigenvalue weighted by Gasteiger charge is 2.35. The molecule has 1 aliphatic rings. The number of rotatable bonds is 6. The Labute approximate surface area is 124 Å². The summed E-state index contributed by atoms with van der Waals surface area (Å²) < 4.78 is 24.2. The average molecular weight is 296 g/mol. The molecule has 0 saturated carbocycles. The molecule has 2 rings (SSSR count). The van der Waals surface area contributed by atoms with Gasteiger partial charge in [-0.05, 0) is 31.5 Å². The van der Waals surface area contributed by atoms with E-state index in [1.165, 1.54) is 13.2 Å². The van der Waals surface area contributed by atoms with Crippen LogP contribution in [0.2, 0.25) is 0 Å². The van der Waals surface area contributed by atoms with Crippen molar-refractivity contribution in [1.29, 1.82) is 0 Å². The molecule has 2 atom stereocenters. The van der Waals surface area contributed by atoms with Crippen molar-refractivity contribution < 1.29 is 18.7 Å². The minimum Gasteiger partial charge on any atom is -0.494 e. The molecule has 21 heavy (non-hydrogen) atoms. The van der Waals surface area contributed by atoms with Crippen molar-refractivity contribution in [3.8, 4) is 5.75 Å². The largest absolute Gasteiger partial charge is 0.494 e. The first kappa shape index (κ1) is 15.7. The van der Waals surface area contributed by atoms with Crippen molar-refractivity contribution in [3.05, 3.63) is 29.6 Å². The van der Waals surface area contributed by atoms with Crippen LogP contribution < -0.4 is 10.1 Å². The SMILES string of the molecule is CCOCC(C)N1C(=O)CNC1c1ccc(OC)c(F)c1. The van der Waals surface area contributed by atoms with Crippen LogP contribution >= 0.6 is 0 Å². The second kappa shape index (κ2) is 6.87. The maximum atomic E-state index is 13.9. The standard InChI is InChI=1S/C15H21FN2O3/c1-4-21-9-10(2)18-14(19)8-17-15(18)11-5-6-13(20-3)12(16)7-11/h5-7,10,15,17H,4,8-9H2,1-3H3. The van der Waals surface area contributed by atoms with Gasteiger partial charge in [-0.1, -0.05) is 6.07 Å². The van der Waals surface area contributed by atoms with Crippen LogP contribution in [0, 0.1) is 5.82 Å². The Morgan fingerprint density at radius 1 is 1.52 bits per heavy atom. The molecule has 0 bridgehead atoms. The topological polar surface area (TPSA) is 50.8 Å². The Bertz CT molecular complexity index is 510. The Kier molecular flexibility index (Phi) is 5.14. The van der Waals surface area contributed by atoms with E-state index in [0.717, 1.165) is 0 Å². The molecule has 1 aliphatic heterocycles. The highest BCUT2D eigenvalue weighted by molar-refractivity contribution is 5.81. The van der Waals surface area contributed by atoms with Gasteiger partial charge < -0.3 is 14.4 Å². The molecule has 1 saturated heterocycles. The summed E-state index contributed by atoms with van der Waals surface area (Å²) in [6.45, 7) is 5.13. The lowest BCUT2D eigenvalue weighted by Gasteiger charge is -2.30. The van der Waals surface area contributed by atoms with Crippen molar-refractivity contribution in [3.63, 3.8) is 0 Å². The monoisotopic (exact) mass is 296 g/mol. The molecular weight excluding hydrogens is 275 g/mol. The molecule has 5 nitrogen and oxygen atoms in total. The van der Waals surface area contributed by atoms with Crippen LogP contribution in [-0.4, -0.2) is 43.7 Å². The third kappa shape index (κ3) is 3.33. The highest BCUT2D eigenvalue weighted by Crippen LogP contribution is 2.28. The zero-order chi connectivity index (χ0) is 15.4. The fourth-order valence-electron chi connectivity index (χ4n) is 2.52. The predicted octanol–water partition coefficient (Wildman–Crippen LogP) is 1.69. The lowest BCUT2D eigenvalue weighted by atomic mass is 10.1. The molecule has 0 spiro atoms. The molecule has 1 fully saturated rings. The van der Waals surface area contributed by atoms with E-state index < -0.39 is 5.82 Å². The van der Waals surface area contributed by atoms with E-state index in [-0.39, 0.29) is 30.4 Å². The van der Waals surface area contributed by atoms with Gasteiger partial charge in [-0.2, -0.15) is 0 Å². The molecular formula is C15H21FN2O3. The van der Waals surface area contributed by atoms with Crippen molar-refractivity contribution in [2.75, 3.05) is 26.9 Å². The quantitative estimate of drug-likeness (QED) is 0.868. The van der Waals surface area contributed by atoms with Crippen LogP contribution in [0.15, 0.2) is 18.2 Å². The fraction of sp³-hybridized carbons (Fsp3) is 0.533. The molecule has 1 N–H and O–H groups in total.